The predicted octanol–water partition coefficient (Wildman–Crippen LogP) is 3.01. The molecular weight excluding hydrogens is 307 g/mol. The first-order valence-electron chi connectivity index (χ1n) is 5.31. The fraction of sp³-hybridized carbons (Fsp3) is 0.417. The van der Waals surface area contributed by atoms with Gasteiger partial charge in [0, 0.05) is 18.1 Å². The van der Waals surface area contributed by atoms with Crippen LogP contribution in [0.5, 0.6) is 11.5 Å². The average Bonchev–Trinajstić information content (AvgIpc) is 2.32. The molecule has 0 amide bonds. The van der Waals surface area contributed by atoms with E-state index in [0.717, 1.165) is 0 Å². The summed E-state index contributed by atoms with van der Waals surface area (Å²) in [6.07, 6.45) is 0.680. The van der Waals surface area contributed by atoms with Crippen molar-refractivity contribution in [2.75, 3.05) is 14.2 Å². The van der Waals surface area contributed by atoms with E-state index in [4.69, 9.17) is 14.6 Å². The Morgan fingerprint density at radius 2 is 2.11 bits per heavy atom. The normalized spacial score (nSPS) is 10.2. The van der Waals surface area contributed by atoms with Crippen LogP contribution in [-0.4, -0.2) is 25.3 Å². The molecule has 0 saturated heterocycles. The molecule has 1 rings (SSSR count). The maximum absolute atomic E-state index is 13.8. The number of halogens is 2. The molecule has 0 fully saturated rings. The van der Waals surface area contributed by atoms with Gasteiger partial charge >= 0.3 is 5.97 Å². The maximum atomic E-state index is 13.8. The molecule has 0 spiro atoms. The zero-order valence-electron chi connectivity index (χ0n) is 10.1. The average molecular weight is 321 g/mol. The number of carboxylic acid groups (broad SMARTS) is 1. The molecule has 0 aromatic heterocycles. The topological polar surface area (TPSA) is 55.8 Å². The van der Waals surface area contributed by atoms with Gasteiger partial charge in [-0.15, -0.1) is 0 Å². The van der Waals surface area contributed by atoms with Gasteiger partial charge in [0.15, 0.2) is 11.5 Å². The van der Waals surface area contributed by atoms with Crippen LogP contribution in [-0.2, 0) is 11.2 Å². The highest BCUT2D eigenvalue weighted by atomic mass is 79.9. The van der Waals surface area contributed by atoms with E-state index in [1.807, 2.05) is 0 Å². The molecule has 1 N–H and O–H groups in total. The molecule has 6 heteroatoms. The lowest BCUT2D eigenvalue weighted by Crippen LogP contribution is -2.01. The monoisotopic (exact) mass is 320 g/mol. The van der Waals surface area contributed by atoms with Crippen molar-refractivity contribution in [2.45, 2.75) is 19.3 Å². The summed E-state index contributed by atoms with van der Waals surface area (Å²) in [7, 11) is 2.88. The molecular formula is C12H14BrFO4. The summed E-state index contributed by atoms with van der Waals surface area (Å²) >= 11 is 3.26. The summed E-state index contributed by atoms with van der Waals surface area (Å²) in [5, 5.41) is 8.56. The van der Waals surface area contributed by atoms with Crippen molar-refractivity contribution in [3.05, 3.63) is 21.9 Å². The molecule has 0 aliphatic carbocycles. The van der Waals surface area contributed by atoms with E-state index >= 15 is 0 Å². The van der Waals surface area contributed by atoms with E-state index < -0.39 is 11.8 Å². The van der Waals surface area contributed by atoms with Crippen LogP contribution in [0.1, 0.15) is 18.4 Å². The molecule has 0 heterocycles. The third-order valence-corrected chi connectivity index (χ3v) is 3.31. The van der Waals surface area contributed by atoms with Crippen molar-refractivity contribution < 1.29 is 23.8 Å². The molecule has 0 radical (unpaired) electrons. The second kappa shape index (κ2) is 6.58. The Kier molecular flexibility index (Phi) is 5.40. The van der Waals surface area contributed by atoms with E-state index in [-0.39, 0.29) is 6.42 Å². The molecule has 0 unspecified atom stereocenters. The molecule has 18 heavy (non-hydrogen) atoms. The highest BCUT2D eigenvalue weighted by Crippen LogP contribution is 2.39. The van der Waals surface area contributed by atoms with Crippen molar-refractivity contribution in [3.63, 3.8) is 0 Å². The second-order valence-electron chi connectivity index (χ2n) is 3.63. The molecule has 0 aliphatic heterocycles. The number of hydrogen-bond acceptors (Lipinski definition) is 3. The number of methoxy groups -OCH3 is 2. The number of carbonyl (C=O) groups is 1. The first-order valence-corrected chi connectivity index (χ1v) is 6.11. The summed E-state index contributed by atoms with van der Waals surface area (Å²) in [6.45, 7) is 0. The van der Waals surface area contributed by atoms with Crippen LogP contribution >= 0.6 is 15.9 Å². The lowest BCUT2D eigenvalue weighted by atomic mass is 10.1. The van der Waals surface area contributed by atoms with Gasteiger partial charge in [-0.1, -0.05) is 0 Å². The smallest absolute Gasteiger partial charge is 0.303 e. The van der Waals surface area contributed by atoms with Gasteiger partial charge in [0.1, 0.15) is 5.82 Å². The summed E-state index contributed by atoms with van der Waals surface area (Å²) in [4.78, 5) is 10.4. The van der Waals surface area contributed by atoms with E-state index in [9.17, 15) is 9.18 Å². The molecule has 100 valence electrons. The molecule has 0 saturated carbocycles. The van der Waals surface area contributed by atoms with E-state index in [1.165, 1.54) is 20.3 Å². The summed E-state index contributed by atoms with van der Waals surface area (Å²) < 4.78 is 24.4. The highest BCUT2D eigenvalue weighted by molar-refractivity contribution is 9.10. The number of hydrogen-bond donors (Lipinski definition) is 1. The highest BCUT2D eigenvalue weighted by Gasteiger charge is 2.17. The lowest BCUT2D eigenvalue weighted by molar-refractivity contribution is -0.137. The maximum Gasteiger partial charge on any atom is 0.303 e. The number of benzene rings is 1. The van der Waals surface area contributed by atoms with Crippen molar-refractivity contribution in [1.29, 1.82) is 0 Å². The first-order chi connectivity index (χ1) is 8.51. The Morgan fingerprint density at radius 1 is 1.44 bits per heavy atom. The molecule has 0 bridgehead atoms. The standard InChI is InChI=1S/C12H14BrFO4/c1-17-9-6-8(14)7(4-3-5-10(15)16)11(13)12(9)18-2/h6H,3-5H2,1-2H3,(H,15,16). The van der Waals surface area contributed by atoms with Crippen LogP contribution in [0.4, 0.5) is 4.39 Å². The zero-order chi connectivity index (χ0) is 13.7. The Balaban J connectivity index is 3.00. The molecule has 1 aromatic carbocycles. The van der Waals surface area contributed by atoms with Crippen LogP contribution in [0, 0.1) is 5.82 Å². The minimum Gasteiger partial charge on any atom is -0.493 e. The largest absolute Gasteiger partial charge is 0.493 e. The van der Waals surface area contributed by atoms with Crippen LogP contribution in [0.2, 0.25) is 0 Å². The van der Waals surface area contributed by atoms with Crippen molar-refractivity contribution in [2.24, 2.45) is 0 Å². The molecule has 0 atom stereocenters. The zero-order valence-corrected chi connectivity index (χ0v) is 11.7. The summed E-state index contributed by atoms with van der Waals surface area (Å²) in [5.74, 6) is -0.634. The van der Waals surface area contributed by atoms with Crippen LogP contribution in [0.3, 0.4) is 0 Å². The third-order valence-electron chi connectivity index (χ3n) is 2.48. The first kappa shape index (κ1) is 14.8. The Hall–Kier alpha value is -1.30. The van der Waals surface area contributed by atoms with Gasteiger partial charge in [-0.3, -0.25) is 4.79 Å². The van der Waals surface area contributed by atoms with Crippen LogP contribution < -0.4 is 9.47 Å². The lowest BCUT2D eigenvalue weighted by Gasteiger charge is -2.14. The minimum atomic E-state index is -0.896. The quantitative estimate of drug-likeness (QED) is 0.875. The van der Waals surface area contributed by atoms with Gasteiger partial charge in [0.05, 0.1) is 18.7 Å². The Bertz CT molecular complexity index is 448. The number of ether oxygens (including phenoxy) is 2. The van der Waals surface area contributed by atoms with Gasteiger partial charge in [0.25, 0.3) is 0 Å². The summed E-state index contributed by atoms with van der Waals surface area (Å²) in [6, 6.07) is 1.24. The van der Waals surface area contributed by atoms with Crippen LogP contribution in [0.15, 0.2) is 10.5 Å². The van der Waals surface area contributed by atoms with Crippen molar-refractivity contribution in [3.8, 4) is 11.5 Å². The van der Waals surface area contributed by atoms with E-state index in [0.29, 0.717) is 34.4 Å². The molecule has 4 nitrogen and oxygen atoms in total. The summed E-state index contributed by atoms with van der Waals surface area (Å²) in [5.41, 5.74) is 0.397. The predicted molar refractivity (Wildman–Crippen MR) is 67.8 cm³/mol. The van der Waals surface area contributed by atoms with Gasteiger partial charge in [-0.2, -0.15) is 0 Å². The Morgan fingerprint density at radius 3 is 2.61 bits per heavy atom. The minimum absolute atomic E-state index is 0.000223. The molecule has 0 aliphatic rings. The fourth-order valence-electron chi connectivity index (χ4n) is 1.61. The van der Waals surface area contributed by atoms with Gasteiger partial charge in [-0.25, -0.2) is 4.39 Å². The second-order valence-corrected chi connectivity index (χ2v) is 4.43. The number of carboxylic acids is 1. The van der Waals surface area contributed by atoms with E-state index in [1.54, 1.807) is 0 Å². The number of rotatable bonds is 6. The van der Waals surface area contributed by atoms with E-state index in [2.05, 4.69) is 15.9 Å². The SMILES string of the molecule is COc1cc(F)c(CCCC(=O)O)c(Br)c1OC. The van der Waals surface area contributed by atoms with Gasteiger partial charge < -0.3 is 14.6 Å². The Labute approximate surface area is 113 Å². The number of aliphatic carboxylic acids is 1. The third kappa shape index (κ3) is 3.35. The van der Waals surface area contributed by atoms with Crippen molar-refractivity contribution >= 4 is 21.9 Å². The van der Waals surface area contributed by atoms with Gasteiger partial charge in [-0.05, 0) is 28.8 Å². The van der Waals surface area contributed by atoms with Crippen LogP contribution in [0.25, 0.3) is 0 Å². The fourth-order valence-corrected chi connectivity index (χ4v) is 2.35. The van der Waals surface area contributed by atoms with Gasteiger partial charge in [0.2, 0.25) is 0 Å². The van der Waals surface area contributed by atoms with Crippen molar-refractivity contribution in [1.82, 2.24) is 0 Å². The molecule has 1 aromatic rings.